The number of hydrogen-bond acceptors (Lipinski definition) is 9. The summed E-state index contributed by atoms with van der Waals surface area (Å²) in [6, 6.07) is 13.0. The summed E-state index contributed by atoms with van der Waals surface area (Å²) in [7, 11) is 0. The summed E-state index contributed by atoms with van der Waals surface area (Å²) in [6.45, 7) is 3.99. The van der Waals surface area contributed by atoms with Crippen LogP contribution in [0.25, 0.3) is 39.8 Å². The maximum absolute atomic E-state index is 9.40. The van der Waals surface area contributed by atoms with Gasteiger partial charge in [0.05, 0.1) is 24.6 Å². The average Bonchev–Trinajstić information content (AvgIpc) is 3.50. The van der Waals surface area contributed by atoms with E-state index in [1.54, 1.807) is 18.5 Å². The minimum absolute atomic E-state index is 0.0491. The number of nitrogens with zero attached hydrogens (tertiary/aromatic N) is 9. The first kappa shape index (κ1) is 22.5. The van der Waals surface area contributed by atoms with E-state index in [4.69, 9.17) is 21.0 Å². The molecule has 5 rings (SSSR count). The van der Waals surface area contributed by atoms with Crippen molar-refractivity contribution in [2.75, 3.05) is 5.73 Å². The molecule has 11 nitrogen and oxygen atoms in total. The van der Waals surface area contributed by atoms with Gasteiger partial charge in [-0.1, -0.05) is 26.0 Å². The van der Waals surface area contributed by atoms with Crippen LogP contribution < -0.4 is 5.73 Å². The van der Waals surface area contributed by atoms with Gasteiger partial charge >= 0.3 is 0 Å². The third-order valence-electron chi connectivity index (χ3n) is 4.83. The summed E-state index contributed by atoms with van der Waals surface area (Å²) >= 11 is 0. The zero-order valence-electron chi connectivity index (χ0n) is 18.7. The lowest BCUT2D eigenvalue weighted by Gasteiger charge is -2.10. The van der Waals surface area contributed by atoms with Gasteiger partial charge in [-0.05, 0) is 29.8 Å². The van der Waals surface area contributed by atoms with Gasteiger partial charge in [0.1, 0.15) is 23.4 Å². The number of imidazole rings is 1. The number of aliphatic hydroxyl groups excluding tert-OH is 1. The second-order valence-electron chi connectivity index (χ2n) is 6.84. The van der Waals surface area contributed by atoms with Crippen LogP contribution in [0.5, 0.6) is 0 Å². The number of aromatic nitrogens is 8. The summed E-state index contributed by atoms with van der Waals surface area (Å²) < 4.78 is 1.83. The number of anilines is 1. The predicted octanol–water partition coefficient (Wildman–Crippen LogP) is 2.76. The van der Waals surface area contributed by atoms with Crippen molar-refractivity contribution in [3.05, 3.63) is 60.6 Å². The maximum Gasteiger partial charge on any atom is 0.169 e. The summed E-state index contributed by atoms with van der Waals surface area (Å²) in [4.78, 5) is 19.3. The summed E-state index contributed by atoms with van der Waals surface area (Å²) in [5, 5.41) is 26.7. The molecular weight excluding hydrogens is 432 g/mol. The molecule has 170 valence electrons. The minimum Gasteiger partial charge on any atom is -0.392 e. The van der Waals surface area contributed by atoms with Gasteiger partial charge in [-0.15, -0.1) is 0 Å². The van der Waals surface area contributed by atoms with E-state index in [-0.39, 0.29) is 19.0 Å². The lowest BCUT2D eigenvalue weighted by Crippen LogP contribution is -2.04. The highest BCUT2D eigenvalue weighted by Crippen LogP contribution is 2.30. The van der Waals surface area contributed by atoms with Gasteiger partial charge in [-0.2, -0.15) is 20.3 Å². The van der Waals surface area contributed by atoms with Crippen molar-refractivity contribution in [2.24, 2.45) is 0 Å². The van der Waals surface area contributed by atoms with E-state index in [9.17, 15) is 5.11 Å². The third kappa shape index (κ3) is 4.17. The van der Waals surface area contributed by atoms with Crippen molar-refractivity contribution in [2.45, 2.75) is 27.0 Å². The molecule has 0 aliphatic carbocycles. The van der Waals surface area contributed by atoms with Crippen LogP contribution in [0, 0.1) is 11.3 Å². The molecule has 0 fully saturated rings. The Hall–Kier alpha value is -4.69. The third-order valence-corrected chi connectivity index (χ3v) is 4.83. The molecule has 4 heterocycles. The molecular formula is C23H22N10O. The summed E-state index contributed by atoms with van der Waals surface area (Å²) in [5.74, 6) is 0.732. The maximum atomic E-state index is 9.40. The quantitative estimate of drug-likeness (QED) is 0.407. The molecule has 3 N–H and O–H groups in total. The van der Waals surface area contributed by atoms with Gasteiger partial charge in [-0.3, -0.25) is 4.57 Å². The Balaban J connectivity index is 0.00000133. The van der Waals surface area contributed by atoms with E-state index in [2.05, 4.69) is 20.2 Å². The van der Waals surface area contributed by atoms with Gasteiger partial charge in [0.2, 0.25) is 0 Å². The highest BCUT2D eigenvalue weighted by Gasteiger charge is 2.20. The molecule has 0 bridgehead atoms. The van der Waals surface area contributed by atoms with E-state index in [0.717, 1.165) is 11.3 Å². The Labute approximate surface area is 195 Å². The van der Waals surface area contributed by atoms with E-state index in [0.29, 0.717) is 34.1 Å². The van der Waals surface area contributed by atoms with E-state index >= 15 is 0 Å². The van der Waals surface area contributed by atoms with E-state index in [1.165, 1.54) is 11.0 Å². The van der Waals surface area contributed by atoms with Crippen molar-refractivity contribution >= 4 is 17.0 Å². The number of benzene rings is 1. The van der Waals surface area contributed by atoms with Crippen LogP contribution in [0.15, 0.2) is 55.0 Å². The minimum atomic E-state index is -0.0598. The number of rotatable bonds is 5. The first-order valence-electron chi connectivity index (χ1n) is 10.6. The zero-order valence-corrected chi connectivity index (χ0v) is 18.7. The van der Waals surface area contributed by atoms with Gasteiger partial charge in [0.25, 0.3) is 0 Å². The topological polar surface area (TPSA) is 157 Å². The van der Waals surface area contributed by atoms with Crippen LogP contribution in [0.1, 0.15) is 19.4 Å². The number of aliphatic hydroxyl groups is 1. The van der Waals surface area contributed by atoms with Crippen LogP contribution in [0.3, 0.4) is 0 Å². The molecule has 34 heavy (non-hydrogen) atoms. The molecule has 0 amide bonds. The van der Waals surface area contributed by atoms with Gasteiger partial charge in [-0.25, -0.2) is 19.9 Å². The van der Waals surface area contributed by atoms with Crippen LogP contribution in [0.4, 0.5) is 5.82 Å². The molecule has 0 aliphatic rings. The van der Waals surface area contributed by atoms with Gasteiger partial charge in [0.15, 0.2) is 17.3 Å². The largest absolute Gasteiger partial charge is 0.392 e. The van der Waals surface area contributed by atoms with Gasteiger partial charge < -0.3 is 10.8 Å². The fraction of sp³-hybridized carbons (Fsp3) is 0.174. The number of nitriles is 1. The standard InChI is InChI=1S/C21H16N10O.C2H6/c22-7-10-30-26-11-17(29-30)15-5-6-16-20(27-15)31(14-3-1-13(12-32)2-4-14)21(28-16)18-19(23)25-9-8-24-18;1-2/h1-6,8-9,11,32H,10,12H2,(H2,23,25);1-2H3. The smallest absolute Gasteiger partial charge is 0.169 e. The first-order chi connectivity index (χ1) is 16.7. The molecule has 0 radical (unpaired) electrons. The van der Waals surface area contributed by atoms with Crippen molar-refractivity contribution in [3.63, 3.8) is 0 Å². The second-order valence-corrected chi connectivity index (χ2v) is 6.84. The fourth-order valence-electron chi connectivity index (χ4n) is 3.33. The summed E-state index contributed by atoms with van der Waals surface area (Å²) in [5.41, 5.74) is 10.4. The molecule has 0 saturated heterocycles. The molecule has 11 heteroatoms. The molecule has 0 saturated carbocycles. The Morgan fingerprint density at radius 3 is 2.47 bits per heavy atom. The molecule has 0 atom stereocenters. The SMILES string of the molecule is CC.N#CCn1ncc(-c2ccc3nc(-c4nccnc4N)n(-c4ccc(CO)cc4)c3n2)n1. The van der Waals surface area contributed by atoms with Crippen molar-refractivity contribution < 1.29 is 5.11 Å². The summed E-state index contributed by atoms with van der Waals surface area (Å²) in [6.07, 6.45) is 4.63. The number of fused-ring (bicyclic) bond motifs is 1. The number of hydrogen-bond donors (Lipinski definition) is 2. The number of pyridine rings is 1. The number of nitrogens with two attached hydrogens (primary N) is 1. The van der Waals surface area contributed by atoms with Crippen molar-refractivity contribution in [3.8, 4) is 34.7 Å². The predicted molar refractivity (Wildman–Crippen MR) is 126 cm³/mol. The average molecular weight is 454 g/mol. The zero-order chi connectivity index (χ0) is 24.1. The molecule has 0 spiro atoms. The molecule has 4 aromatic heterocycles. The molecule has 5 aromatic rings. The monoisotopic (exact) mass is 454 g/mol. The Morgan fingerprint density at radius 2 is 1.76 bits per heavy atom. The van der Waals surface area contributed by atoms with Crippen molar-refractivity contribution in [1.29, 1.82) is 5.26 Å². The van der Waals surface area contributed by atoms with Gasteiger partial charge in [0, 0.05) is 18.1 Å². The Bertz CT molecular complexity index is 1460. The number of nitrogen functional groups attached to an aromatic ring is 1. The molecule has 0 aliphatic heterocycles. The Morgan fingerprint density at radius 1 is 1.00 bits per heavy atom. The van der Waals surface area contributed by atoms with E-state index < -0.39 is 0 Å². The van der Waals surface area contributed by atoms with Crippen LogP contribution in [0.2, 0.25) is 0 Å². The lowest BCUT2D eigenvalue weighted by atomic mass is 10.2. The van der Waals surface area contributed by atoms with Crippen molar-refractivity contribution in [1.82, 2.24) is 39.5 Å². The Kier molecular flexibility index (Phi) is 6.52. The van der Waals surface area contributed by atoms with Crippen LogP contribution in [-0.2, 0) is 13.2 Å². The lowest BCUT2D eigenvalue weighted by molar-refractivity contribution is 0.282. The van der Waals surface area contributed by atoms with Crippen LogP contribution >= 0.6 is 0 Å². The van der Waals surface area contributed by atoms with Crippen LogP contribution in [-0.4, -0.2) is 44.6 Å². The molecule has 0 unspecified atom stereocenters. The molecule has 1 aromatic carbocycles. The highest BCUT2D eigenvalue weighted by molar-refractivity contribution is 5.83. The first-order valence-corrected chi connectivity index (χ1v) is 10.6. The normalized spacial score (nSPS) is 10.5. The van der Waals surface area contributed by atoms with E-state index in [1.807, 2.05) is 54.8 Å². The second kappa shape index (κ2) is 9.85. The highest BCUT2D eigenvalue weighted by atomic mass is 16.3. The fourth-order valence-corrected chi connectivity index (χ4v) is 3.33.